The summed E-state index contributed by atoms with van der Waals surface area (Å²) in [6.07, 6.45) is 9.20. The molecule has 2 saturated heterocycles. The van der Waals surface area contributed by atoms with Gasteiger partial charge in [0.1, 0.15) is 5.65 Å². The van der Waals surface area contributed by atoms with Crippen LogP contribution in [0.2, 0.25) is 20.1 Å². The van der Waals surface area contributed by atoms with E-state index < -0.39 is 0 Å². The van der Waals surface area contributed by atoms with E-state index >= 15 is 0 Å². The molecule has 0 amide bonds. The van der Waals surface area contributed by atoms with Crippen LogP contribution in [0.5, 0.6) is 0 Å². The second-order valence-corrected chi connectivity index (χ2v) is 13.0. The minimum Gasteiger partial charge on any atom is -0.371 e. The van der Waals surface area contributed by atoms with Crippen molar-refractivity contribution < 1.29 is 0 Å². The summed E-state index contributed by atoms with van der Waals surface area (Å²) in [6.45, 7) is 3.82. The van der Waals surface area contributed by atoms with Gasteiger partial charge in [0.25, 0.3) is 0 Å². The number of nitrogens with two attached hydrogens (primary N) is 2. The van der Waals surface area contributed by atoms with Crippen molar-refractivity contribution in [3.8, 4) is 0 Å². The number of hydrogen-bond donors (Lipinski definition) is 4. The molecule has 4 heterocycles. The van der Waals surface area contributed by atoms with Gasteiger partial charge in [-0.25, -0.2) is 4.98 Å². The Hall–Kier alpha value is -2.03. The Morgan fingerprint density at radius 2 is 1.32 bits per heavy atom. The molecule has 218 valence electrons. The predicted octanol–water partition coefficient (Wildman–Crippen LogP) is 7.03. The topological polar surface area (TPSA) is 96.0 Å². The van der Waals surface area contributed by atoms with Crippen LogP contribution in [-0.2, 0) is 12.8 Å². The van der Waals surface area contributed by atoms with Crippen LogP contribution in [0.4, 0.5) is 5.69 Å². The minimum absolute atomic E-state index is 0.122. The van der Waals surface area contributed by atoms with Crippen molar-refractivity contribution >= 4 is 63.1 Å². The molecule has 0 spiro atoms. The molecule has 0 bridgehead atoms. The monoisotopic (exact) mass is 632 g/mol. The van der Waals surface area contributed by atoms with E-state index in [9.17, 15) is 0 Å². The zero-order valence-corrected chi connectivity index (χ0v) is 25.9. The highest BCUT2D eigenvalue weighted by Crippen LogP contribution is 2.33. The first-order chi connectivity index (χ1) is 19.6. The van der Waals surface area contributed by atoms with E-state index in [2.05, 4.69) is 32.3 Å². The molecule has 0 radical (unpaired) electrons. The maximum Gasteiger partial charge on any atom is 0.139 e. The van der Waals surface area contributed by atoms with Gasteiger partial charge in [-0.15, -0.1) is 0 Å². The third kappa shape index (κ3) is 7.68. The van der Waals surface area contributed by atoms with E-state index in [4.69, 9.17) is 57.9 Å². The number of pyridine rings is 1. The van der Waals surface area contributed by atoms with Crippen molar-refractivity contribution in [2.45, 2.75) is 49.6 Å². The second kappa shape index (κ2) is 13.1. The number of anilines is 1. The van der Waals surface area contributed by atoms with Gasteiger partial charge < -0.3 is 26.7 Å². The molecular weight excluding hydrogens is 598 g/mol. The highest BCUT2D eigenvalue weighted by Gasteiger charge is 2.32. The summed E-state index contributed by atoms with van der Waals surface area (Å²) in [5.74, 6) is 0. The second-order valence-electron chi connectivity index (χ2n) is 11.4. The normalized spacial score (nSPS) is 18.1. The number of nitrogens with zero attached hydrogens (tertiary/aromatic N) is 2. The van der Waals surface area contributed by atoms with Gasteiger partial charge in [-0.2, -0.15) is 0 Å². The quantitative estimate of drug-likeness (QED) is 0.189. The van der Waals surface area contributed by atoms with E-state index in [0.29, 0.717) is 15.1 Å². The average molecular weight is 634 g/mol. The summed E-state index contributed by atoms with van der Waals surface area (Å²) in [6, 6.07) is 15.4. The first kappa shape index (κ1) is 30.4. The van der Waals surface area contributed by atoms with Crippen LogP contribution in [0.1, 0.15) is 36.8 Å². The highest BCUT2D eigenvalue weighted by molar-refractivity contribution is 6.35. The van der Waals surface area contributed by atoms with Gasteiger partial charge in [-0.05, 0) is 99.1 Å². The summed E-state index contributed by atoms with van der Waals surface area (Å²) >= 11 is 24.3. The van der Waals surface area contributed by atoms with Crippen LogP contribution >= 0.6 is 46.4 Å². The number of rotatable bonds is 5. The Kier molecular flexibility index (Phi) is 9.71. The van der Waals surface area contributed by atoms with Crippen LogP contribution < -0.4 is 21.7 Å². The number of benzene rings is 2. The number of nitrogens with one attached hydrogen (secondary N) is 2. The standard InChI is InChI=1S/C19H20Cl2N4.C12H16Cl2N2/c20-14-2-1-13(16(21)11-14)12-19(22)5-9-25(10-6-19)17-4-8-24-18-15(17)3-7-23-18;13-10-2-1-9(11(14)7-10)8-12(15)3-5-16-6-4-12/h1-4,7-8,11H,5-6,9-10,12,22H2,(H,23,24);1-2,7,16H,3-6,8,15H2. The van der Waals surface area contributed by atoms with Crippen molar-refractivity contribution in [3.05, 3.63) is 92.1 Å². The molecule has 41 heavy (non-hydrogen) atoms. The Balaban J connectivity index is 0.000000182. The molecule has 0 aliphatic carbocycles. The van der Waals surface area contributed by atoms with Gasteiger partial charge in [-0.3, -0.25) is 0 Å². The third-order valence-corrected chi connectivity index (χ3v) is 9.43. The lowest BCUT2D eigenvalue weighted by molar-refractivity contribution is 0.308. The number of aromatic amines is 1. The van der Waals surface area contributed by atoms with Crippen LogP contribution in [0.3, 0.4) is 0 Å². The van der Waals surface area contributed by atoms with Crippen molar-refractivity contribution in [2.75, 3.05) is 31.1 Å². The van der Waals surface area contributed by atoms with Gasteiger partial charge in [0.2, 0.25) is 0 Å². The zero-order chi connectivity index (χ0) is 29.0. The molecule has 2 aliphatic rings. The molecule has 4 aromatic rings. The maximum absolute atomic E-state index is 6.69. The highest BCUT2D eigenvalue weighted by atomic mass is 35.5. The number of H-pyrrole nitrogens is 1. The van der Waals surface area contributed by atoms with Gasteiger partial charge in [0.05, 0.1) is 0 Å². The summed E-state index contributed by atoms with van der Waals surface area (Å²) in [5, 5.41) is 7.22. The van der Waals surface area contributed by atoms with E-state index in [-0.39, 0.29) is 11.1 Å². The lowest BCUT2D eigenvalue weighted by Crippen LogP contribution is -2.52. The SMILES string of the molecule is NC1(Cc2ccc(Cl)cc2Cl)CCN(c2ccnc3[nH]ccc23)CC1.NC1(Cc2ccc(Cl)cc2Cl)CCNCC1. The minimum atomic E-state index is -0.238. The molecular formula is C31H36Cl4N6. The fourth-order valence-corrected chi connectivity index (χ4v) is 6.73. The van der Waals surface area contributed by atoms with Gasteiger partial charge in [0.15, 0.2) is 0 Å². The van der Waals surface area contributed by atoms with Crippen LogP contribution in [-0.4, -0.2) is 47.2 Å². The molecule has 0 atom stereocenters. The molecule has 6 nitrogen and oxygen atoms in total. The fraction of sp³-hybridized carbons (Fsp3) is 0.387. The van der Waals surface area contributed by atoms with Crippen molar-refractivity contribution in [1.82, 2.24) is 15.3 Å². The molecule has 6 N–H and O–H groups in total. The molecule has 10 heteroatoms. The molecule has 2 aromatic carbocycles. The Bertz CT molecular complexity index is 1470. The van der Waals surface area contributed by atoms with Gasteiger partial charge in [-0.1, -0.05) is 58.5 Å². The summed E-state index contributed by atoms with van der Waals surface area (Å²) in [5.41, 5.74) is 17.0. The molecule has 2 fully saturated rings. The van der Waals surface area contributed by atoms with E-state index in [1.807, 2.05) is 36.7 Å². The summed E-state index contributed by atoms with van der Waals surface area (Å²) in [7, 11) is 0. The largest absolute Gasteiger partial charge is 0.371 e. The smallest absolute Gasteiger partial charge is 0.139 e. The zero-order valence-electron chi connectivity index (χ0n) is 22.9. The summed E-state index contributed by atoms with van der Waals surface area (Å²) in [4.78, 5) is 9.93. The van der Waals surface area contributed by atoms with Crippen molar-refractivity contribution in [1.29, 1.82) is 0 Å². The first-order valence-corrected chi connectivity index (χ1v) is 15.5. The van der Waals surface area contributed by atoms with Crippen LogP contribution in [0.25, 0.3) is 11.0 Å². The lowest BCUT2D eigenvalue weighted by atomic mass is 9.82. The first-order valence-electron chi connectivity index (χ1n) is 14.0. The Labute approximate surface area is 261 Å². The average Bonchev–Trinajstić information content (AvgIpc) is 3.43. The number of fused-ring (bicyclic) bond motifs is 1. The maximum atomic E-state index is 6.69. The predicted molar refractivity (Wildman–Crippen MR) is 174 cm³/mol. The number of hydrogen-bond acceptors (Lipinski definition) is 5. The van der Waals surface area contributed by atoms with Crippen molar-refractivity contribution in [3.63, 3.8) is 0 Å². The molecule has 2 aromatic heterocycles. The van der Waals surface area contributed by atoms with Crippen molar-refractivity contribution in [2.24, 2.45) is 11.5 Å². The fourth-order valence-electron chi connectivity index (χ4n) is 5.78. The Morgan fingerprint density at radius 3 is 1.88 bits per heavy atom. The molecule has 6 rings (SSSR count). The lowest BCUT2D eigenvalue weighted by Gasteiger charge is -2.40. The van der Waals surface area contributed by atoms with Gasteiger partial charge in [0, 0.05) is 67.7 Å². The number of piperidine rings is 2. The van der Waals surface area contributed by atoms with E-state index in [1.165, 1.54) is 5.69 Å². The van der Waals surface area contributed by atoms with Gasteiger partial charge >= 0.3 is 0 Å². The molecule has 2 aliphatic heterocycles. The van der Waals surface area contributed by atoms with Crippen LogP contribution in [0, 0.1) is 0 Å². The van der Waals surface area contributed by atoms with E-state index in [0.717, 1.165) is 91.9 Å². The number of aromatic nitrogens is 2. The Morgan fingerprint density at radius 1 is 0.756 bits per heavy atom. The summed E-state index contributed by atoms with van der Waals surface area (Å²) < 4.78 is 0. The van der Waals surface area contributed by atoms with E-state index in [1.54, 1.807) is 12.1 Å². The molecule has 0 unspecified atom stereocenters. The third-order valence-electron chi connectivity index (χ3n) is 8.25. The number of halogens is 4. The molecule has 0 saturated carbocycles. The van der Waals surface area contributed by atoms with Crippen LogP contribution in [0.15, 0.2) is 60.9 Å².